The Morgan fingerprint density at radius 3 is 2.70 bits per heavy atom. The van der Waals surface area contributed by atoms with E-state index in [0.717, 1.165) is 11.8 Å². The van der Waals surface area contributed by atoms with E-state index in [4.69, 9.17) is 9.15 Å². The molecule has 3 rings (SSSR count). The second-order valence-corrected chi connectivity index (χ2v) is 6.40. The predicted molar refractivity (Wildman–Crippen MR) is 97.9 cm³/mol. The molecule has 0 atom stereocenters. The van der Waals surface area contributed by atoms with Crippen molar-refractivity contribution in [3.8, 4) is 0 Å². The third kappa shape index (κ3) is 4.03. The van der Waals surface area contributed by atoms with Gasteiger partial charge in [0.05, 0.1) is 49.2 Å². The van der Waals surface area contributed by atoms with Crippen molar-refractivity contribution in [2.45, 2.75) is 11.7 Å². The van der Waals surface area contributed by atoms with E-state index in [-0.39, 0.29) is 23.4 Å². The van der Waals surface area contributed by atoms with Gasteiger partial charge in [-0.2, -0.15) is 0 Å². The number of benzene rings is 1. The Balaban J connectivity index is 2.11. The van der Waals surface area contributed by atoms with Gasteiger partial charge in [0.25, 0.3) is 5.56 Å². The maximum absolute atomic E-state index is 13.0. The summed E-state index contributed by atoms with van der Waals surface area (Å²) >= 11 is 1.07. The average Bonchev–Trinajstić information content (AvgIpc) is 3.20. The van der Waals surface area contributed by atoms with Crippen LogP contribution in [0.2, 0.25) is 0 Å². The molecule has 0 spiro atoms. The Morgan fingerprint density at radius 2 is 2.04 bits per heavy atom. The first kappa shape index (κ1) is 18.7. The Labute approximate surface area is 158 Å². The Bertz CT molecular complexity index is 1040. The minimum Gasteiger partial charge on any atom is -0.468 e. The van der Waals surface area contributed by atoms with Crippen LogP contribution in [0, 0.1) is 0 Å². The van der Waals surface area contributed by atoms with Gasteiger partial charge >= 0.3 is 11.9 Å². The molecule has 3 aromatic rings. The number of esters is 2. The zero-order valence-electron chi connectivity index (χ0n) is 14.6. The Morgan fingerprint density at radius 1 is 1.22 bits per heavy atom. The SMILES string of the molecule is COC(=O)CSc1nc2cc(C(=O)OC)ccc2c(=O)n1Cc1ccco1. The third-order valence-electron chi connectivity index (χ3n) is 3.78. The maximum Gasteiger partial charge on any atom is 0.337 e. The van der Waals surface area contributed by atoms with E-state index in [9.17, 15) is 14.4 Å². The highest BCUT2D eigenvalue weighted by atomic mass is 32.2. The van der Waals surface area contributed by atoms with E-state index in [1.165, 1.54) is 43.2 Å². The number of carbonyl (C=O) groups is 2. The number of fused-ring (bicyclic) bond motifs is 1. The molecule has 0 saturated heterocycles. The molecule has 0 fully saturated rings. The first-order chi connectivity index (χ1) is 13.0. The van der Waals surface area contributed by atoms with Gasteiger partial charge < -0.3 is 13.9 Å². The molecule has 2 heterocycles. The van der Waals surface area contributed by atoms with Crippen molar-refractivity contribution in [3.05, 3.63) is 58.3 Å². The fraction of sp³-hybridized carbons (Fsp3) is 0.222. The minimum absolute atomic E-state index is 0.0106. The van der Waals surface area contributed by atoms with Crippen LogP contribution in [0.25, 0.3) is 10.9 Å². The van der Waals surface area contributed by atoms with Crippen molar-refractivity contribution >= 4 is 34.6 Å². The summed E-state index contributed by atoms with van der Waals surface area (Å²) in [6.07, 6.45) is 1.51. The predicted octanol–water partition coefficient (Wildman–Crippen LogP) is 2.09. The quantitative estimate of drug-likeness (QED) is 0.359. The molecule has 0 aliphatic rings. The Kier molecular flexibility index (Phi) is 5.60. The van der Waals surface area contributed by atoms with E-state index in [1.807, 2.05) is 0 Å². The summed E-state index contributed by atoms with van der Waals surface area (Å²) in [5.41, 5.74) is 0.316. The standard InChI is InChI=1S/C18H16N2O6S/c1-24-15(21)10-27-18-19-14-8-11(17(23)25-2)5-6-13(14)16(22)20(18)9-12-4-3-7-26-12/h3-8H,9-10H2,1-2H3. The van der Waals surface area contributed by atoms with Crippen LogP contribution in [-0.4, -0.2) is 41.5 Å². The topological polar surface area (TPSA) is 101 Å². The largest absolute Gasteiger partial charge is 0.468 e. The highest BCUT2D eigenvalue weighted by molar-refractivity contribution is 7.99. The van der Waals surface area contributed by atoms with Gasteiger partial charge in [0.2, 0.25) is 0 Å². The third-order valence-corrected chi connectivity index (χ3v) is 4.73. The number of carbonyl (C=O) groups excluding carboxylic acids is 2. The first-order valence-electron chi connectivity index (χ1n) is 7.88. The van der Waals surface area contributed by atoms with E-state index >= 15 is 0 Å². The number of methoxy groups -OCH3 is 2. The summed E-state index contributed by atoms with van der Waals surface area (Å²) in [6, 6.07) is 7.99. The van der Waals surface area contributed by atoms with Crippen molar-refractivity contribution in [3.63, 3.8) is 0 Å². The molecule has 0 unspecified atom stereocenters. The van der Waals surface area contributed by atoms with E-state index in [0.29, 0.717) is 21.8 Å². The molecular weight excluding hydrogens is 372 g/mol. The molecule has 9 heteroatoms. The summed E-state index contributed by atoms with van der Waals surface area (Å²) in [7, 11) is 2.56. The molecule has 140 valence electrons. The van der Waals surface area contributed by atoms with E-state index in [2.05, 4.69) is 9.72 Å². The normalized spacial score (nSPS) is 10.7. The van der Waals surface area contributed by atoms with Crippen LogP contribution in [0.3, 0.4) is 0 Å². The zero-order chi connectivity index (χ0) is 19.4. The molecule has 0 aliphatic heterocycles. The number of thioether (sulfide) groups is 1. The lowest BCUT2D eigenvalue weighted by atomic mass is 10.1. The highest BCUT2D eigenvalue weighted by Gasteiger charge is 2.16. The van der Waals surface area contributed by atoms with Gasteiger partial charge in [-0.3, -0.25) is 14.2 Å². The molecule has 0 saturated carbocycles. The van der Waals surface area contributed by atoms with Crippen molar-refractivity contribution in [2.24, 2.45) is 0 Å². The molecule has 0 bridgehead atoms. The summed E-state index contributed by atoms with van der Waals surface area (Å²) in [5.74, 6) is -0.405. The number of furan rings is 1. The monoisotopic (exact) mass is 388 g/mol. The smallest absolute Gasteiger partial charge is 0.337 e. The van der Waals surface area contributed by atoms with Gasteiger partial charge in [-0.15, -0.1) is 0 Å². The number of aromatic nitrogens is 2. The lowest BCUT2D eigenvalue weighted by molar-refractivity contribution is -0.137. The summed E-state index contributed by atoms with van der Waals surface area (Å²) in [6.45, 7) is 0.164. The Hall–Kier alpha value is -3.07. The van der Waals surface area contributed by atoms with Crippen molar-refractivity contribution < 1.29 is 23.5 Å². The number of nitrogens with zero attached hydrogens (tertiary/aromatic N) is 2. The summed E-state index contributed by atoms with van der Waals surface area (Å²) < 4.78 is 16.1. The van der Waals surface area contributed by atoms with Crippen LogP contribution in [-0.2, 0) is 20.8 Å². The van der Waals surface area contributed by atoms with Gasteiger partial charge in [0.1, 0.15) is 5.76 Å². The molecule has 8 nitrogen and oxygen atoms in total. The van der Waals surface area contributed by atoms with Crippen molar-refractivity contribution in [1.82, 2.24) is 9.55 Å². The average molecular weight is 388 g/mol. The lowest BCUT2D eigenvalue weighted by Gasteiger charge is -2.12. The van der Waals surface area contributed by atoms with Crippen LogP contribution in [0.1, 0.15) is 16.1 Å². The van der Waals surface area contributed by atoms with Crippen molar-refractivity contribution in [1.29, 1.82) is 0 Å². The molecule has 0 aliphatic carbocycles. The first-order valence-corrected chi connectivity index (χ1v) is 8.87. The second kappa shape index (κ2) is 8.09. The van der Waals surface area contributed by atoms with Crippen LogP contribution < -0.4 is 5.56 Å². The van der Waals surface area contributed by atoms with Crippen LogP contribution >= 0.6 is 11.8 Å². The zero-order valence-corrected chi connectivity index (χ0v) is 15.4. The van der Waals surface area contributed by atoms with E-state index in [1.54, 1.807) is 12.1 Å². The molecule has 27 heavy (non-hydrogen) atoms. The number of rotatable bonds is 6. The molecule has 2 aromatic heterocycles. The van der Waals surface area contributed by atoms with Gasteiger partial charge in [-0.05, 0) is 30.3 Å². The maximum atomic E-state index is 13.0. The van der Waals surface area contributed by atoms with Crippen LogP contribution in [0.5, 0.6) is 0 Å². The van der Waals surface area contributed by atoms with Crippen molar-refractivity contribution in [2.75, 3.05) is 20.0 Å². The number of hydrogen-bond acceptors (Lipinski definition) is 8. The fourth-order valence-electron chi connectivity index (χ4n) is 2.44. The molecule has 0 N–H and O–H groups in total. The summed E-state index contributed by atoms with van der Waals surface area (Å²) in [4.78, 5) is 40.7. The lowest BCUT2D eigenvalue weighted by Crippen LogP contribution is -2.24. The second-order valence-electron chi connectivity index (χ2n) is 5.45. The van der Waals surface area contributed by atoms with Gasteiger partial charge in [-0.25, -0.2) is 9.78 Å². The van der Waals surface area contributed by atoms with E-state index < -0.39 is 11.9 Å². The minimum atomic E-state index is -0.526. The summed E-state index contributed by atoms with van der Waals surface area (Å²) in [5, 5.41) is 0.660. The molecule has 1 aromatic carbocycles. The van der Waals surface area contributed by atoms with Crippen LogP contribution in [0.15, 0.2) is 51.0 Å². The molecule has 0 radical (unpaired) electrons. The van der Waals surface area contributed by atoms with Gasteiger partial charge in [-0.1, -0.05) is 11.8 Å². The van der Waals surface area contributed by atoms with Gasteiger partial charge in [0, 0.05) is 0 Å². The number of ether oxygens (including phenoxy) is 2. The molecule has 0 amide bonds. The molecular formula is C18H16N2O6S. The number of hydrogen-bond donors (Lipinski definition) is 0. The van der Waals surface area contributed by atoms with Crippen LogP contribution in [0.4, 0.5) is 0 Å². The highest BCUT2D eigenvalue weighted by Crippen LogP contribution is 2.20. The fourth-order valence-corrected chi connectivity index (χ4v) is 3.27. The van der Waals surface area contributed by atoms with Gasteiger partial charge in [0.15, 0.2) is 5.16 Å².